The lowest BCUT2D eigenvalue weighted by molar-refractivity contribution is -0.143. The summed E-state index contributed by atoms with van der Waals surface area (Å²) >= 11 is 5.86. The largest absolute Gasteiger partial charge is 0.593 e. The summed E-state index contributed by atoms with van der Waals surface area (Å²) in [5.74, 6) is -3.82. The summed E-state index contributed by atoms with van der Waals surface area (Å²) < 4.78 is 160. The van der Waals surface area contributed by atoms with Gasteiger partial charge in [-0.25, -0.2) is 13.8 Å². The number of alkyl halides is 8. The lowest BCUT2D eigenvalue weighted by Crippen LogP contribution is -2.43. The summed E-state index contributed by atoms with van der Waals surface area (Å²) in [5.41, 5.74) is -5.68. The number of nitrogens with zero attached hydrogens (tertiary/aromatic N) is 6. The van der Waals surface area contributed by atoms with Gasteiger partial charge in [0.15, 0.2) is 5.69 Å². The van der Waals surface area contributed by atoms with Gasteiger partial charge in [0.25, 0.3) is 11.8 Å². The van der Waals surface area contributed by atoms with E-state index in [0.29, 0.717) is 15.1 Å². The summed E-state index contributed by atoms with van der Waals surface area (Å²) in [7, 11) is 0. The van der Waals surface area contributed by atoms with Crippen molar-refractivity contribution in [2.75, 3.05) is 16.8 Å². The topological polar surface area (TPSA) is 121 Å². The summed E-state index contributed by atoms with van der Waals surface area (Å²) in [6, 6.07) is 6.05. The van der Waals surface area contributed by atoms with Crippen molar-refractivity contribution in [3.63, 3.8) is 0 Å². The van der Waals surface area contributed by atoms with Crippen molar-refractivity contribution < 1.29 is 58.0 Å². The van der Waals surface area contributed by atoms with Crippen LogP contribution in [0.2, 0.25) is 5.02 Å². The second-order valence-corrected chi connectivity index (χ2v) is 20.5. The van der Waals surface area contributed by atoms with Gasteiger partial charge in [-0.3, -0.25) is 19.0 Å². The summed E-state index contributed by atoms with van der Waals surface area (Å²) in [6.07, 6.45) is -8.79. The van der Waals surface area contributed by atoms with Crippen molar-refractivity contribution in [1.29, 1.82) is 0 Å². The maximum Gasteiger partial charge on any atom is 0.435 e. The molecule has 0 saturated heterocycles. The SMILES string of the molecule is CSC(C)(C)C#Cc1ccc(-c2ccc(Cl)c3c(N(C(=O)C(C)(C)C)[S+](C)[O-])nn(CC(F)(F)F)c23)c(C(Cc2cc(F)cc(F)c2)NC(=O)Cn2nc(C(F)(F)F)c3c2C(F)(F)C[C@@H]3C)n1. The predicted molar refractivity (Wildman–Crippen MR) is 235 cm³/mol. The quantitative estimate of drug-likeness (QED) is 0.0795. The number of pyridine rings is 1. The minimum atomic E-state index is -5.18. The van der Waals surface area contributed by atoms with Gasteiger partial charge in [-0.2, -0.15) is 40.2 Å². The van der Waals surface area contributed by atoms with E-state index in [9.17, 15) is 49.3 Å². The summed E-state index contributed by atoms with van der Waals surface area (Å²) in [4.78, 5) is 32.6. The fraction of sp³-hybridized carbons (Fsp3) is 0.432. The average molecular weight is 1010 g/mol. The van der Waals surface area contributed by atoms with Crippen LogP contribution in [0.3, 0.4) is 0 Å². The maximum absolute atomic E-state index is 15.4. The monoisotopic (exact) mass is 1010 g/mol. The van der Waals surface area contributed by atoms with E-state index in [0.717, 1.165) is 25.3 Å². The van der Waals surface area contributed by atoms with Gasteiger partial charge in [0, 0.05) is 34.6 Å². The zero-order valence-electron chi connectivity index (χ0n) is 36.9. The van der Waals surface area contributed by atoms with Gasteiger partial charge in [0.2, 0.25) is 11.7 Å². The average Bonchev–Trinajstić information content (AvgIpc) is 3.82. The lowest BCUT2D eigenvalue weighted by Gasteiger charge is -2.26. The van der Waals surface area contributed by atoms with Crippen LogP contribution in [0.5, 0.6) is 0 Å². The molecule has 10 nitrogen and oxygen atoms in total. The maximum atomic E-state index is 15.4. The molecule has 6 rings (SSSR count). The molecule has 3 aromatic heterocycles. The fourth-order valence-corrected chi connectivity index (χ4v) is 8.91. The molecule has 0 bridgehead atoms. The Kier molecular flexibility index (Phi) is 14.2. The van der Waals surface area contributed by atoms with Crippen LogP contribution in [0.15, 0.2) is 42.5 Å². The van der Waals surface area contributed by atoms with E-state index in [2.05, 4.69) is 27.4 Å². The van der Waals surface area contributed by atoms with E-state index in [1.807, 2.05) is 0 Å². The second kappa shape index (κ2) is 18.5. The minimum absolute atomic E-state index is 0.0110. The first-order valence-electron chi connectivity index (χ1n) is 20.2. The Labute approximate surface area is 390 Å². The molecule has 360 valence electrons. The van der Waals surface area contributed by atoms with E-state index in [-0.39, 0.29) is 48.7 Å². The van der Waals surface area contributed by atoms with Crippen LogP contribution in [0.4, 0.5) is 49.7 Å². The van der Waals surface area contributed by atoms with Crippen LogP contribution in [-0.2, 0) is 52.6 Å². The summed E-state index contributed by atoms with van der Waals surface area (Å²) in [6.45, 7) is 6.22. The van der Waals surface area contributed by atoms with Crippen molar-refractivity contribution >= 4 is 63.3 Å². The van der Waals surface area contributed by atoms with E-state index in [1.165, 1.54) is 56.8 Å². The lowest BCUT2D eigenvalue weighted by atomic mass is 9.93. The van der Waals surface area contributed by atoms with Crippen LogP contribution in [-0.4, -0.2) is 64.3 Å². The van der Waals surface area contributed by atoms with Crippen LogP contribution >= 0.6 is 23.4 Å². The molecule has 2 aromatic carbocycles. The Morgan fingerprint density at radius 2 is 1.63 bits per heavy atom. The number of thioether (sulfide) groups is 1. The number of benzene rings is 2. The molecule has 5 aromatic rings. The van der Waals surface area contributed by atoms with Gasteiger partial charge in [-0.1, -0.05) is 51.3 Å². The van der Waals surface area contributed by atoms with E-state index in [4.69, 9.17) is 16.6 Å². The Bertz CT molecular complexity index is 2790. The molecule has 0 saturated carbocycles. The van der Waals surface area contributed by atoms with Gasteiger partial charge < -0.3 is 9.87 Å². The zero-order chi connectivity index (χ0) is 49.9. The Morgan fingerprint density at radius 3 is 2.19 bits per heavy atom. The highest BCUT2D eigenvalue weighted by molar-refractivity contribution is 8.00. The van der Waals surface area contributed by atoms with Gasteiger partial charge in [0.05, 0.1) is 43.8 Å². The number of carbonyl (C=O) groups is 2. The first kappa shape index (κ1) is 51.4. The molecule has 23 heteroatoms. The Hall–Kier alpha value is -4.98. The van der Waals surface area contributed by atoms with E-state index < -0.39 is 124 Å². The number of halogens is 11. The van der Waals surface area contributed by atoms with E-state index >= 15 is 8.78 Å². The minimum Gasteiger partial charge on any atom is -0.593 e. The molecule has 0 fully saturated rings. The molecule has 1 N–H and O–H groups in total. The third kappa shape index (κ3) is 11.2. The van der Waals surface area contributed by atoms with Crippen LogP contribution in [0, 0.1) is 28.9 Å². The van der Waals surface area contributed by atoms with Crippen LogP contribution in [0.25, 0.3) is 22.0 Å². The molecule has 67 heavy (non-hydrogen) atoms. The predicted octanol–water partition coefficient (Wildman–Crippen LogP) is 10.7. The molecule has 2 unspecified atom stereocenters. The molecular formula is C44H42ClF10N7O3S2. The van der Waals surface area contributed by atoms with Crippen molar-refractivity contribution in [2.45, 2.75) is 102 Å². The highest BCUT2D eigenvalue weighted by Gasteiger charge is 2.53. The first-order chi connectivity index (χ1) is 30.8. The van der Waals surface area contributed by atoms with Crippen molar-refractivity contribution in [1.82, 2.24) is 29.9 Å². The molecule has 0 spiro atoms. The van der Waals surface area contributed by atoms with Crippen molar-refractivity contribution in [3.8, 4) is 23.0 Å². The number of rotatable bonds is 11. The van der Waals surface area contributed by atoms with Crippen LogP contribution < -0.4 is 9.62 Å². The molecule has 3 heterocycles. The molecule has 1 aliphatic carbocycles. The Morgan fingerprint density at radius 1 is 1.00 bits per heavy atom. The van der Waals surface area contributed by atoms with Gasteiger partial charge in [-0.05, 0) is 74.3 Å². The molecule has 2 amide bonds. The van der Waals surface area contributed by atoms with Crippen molar-refractivity contribution in [2.24, 2.45) is 5.41 Å². The number of hydrogen-bond acceptors (Lipinski definition) is 7. The number of nitrogens with one attached hydrogen (secondary N) is 1. The zero-order valence-corrected chi connectivity index (χ0v) is 39.3. The third-order valence-electron chi connectivity index (χ3n) is 10.6. The van der Waals surface area contributed by atoms with Gasteiger partial charge >= 0.3 is 12.4 Å². The highest BCUT2D eigenvalue weighted by atomic mass is 35.5. The highest BCUT2D eigenvalue weighted by Crippen LogP contribution is 2.52. The number of anilines is 1. The number of carbonyl (C=O) groups excluding carboxylic acids is 2. The molecule has 0 aliphatic heterocycles. The normalized spacial score (nSPS) is 16.1. The first-order valence-corrected chi connectivity index (χ1v) is 23.3. The third-order valence-corrected chi connectivity index (χ3v) is 12.9. The van der Waals surface area contributed by atoms with E-state index in [1.54, 1.807) is 20.1 Å². The molecule has 1 aliphatic rings. The Balaban J connectivity index is 1.64. The number of aromatic nitrogens is 5. The standard InChI is InChI=1S/C44H42ClF10N7O3S2/c1-22-19-42(48,49)37-32(22)36(44(53,54)55)58-60(37)20-31(63)57-30(17-23-15-24(46)18-25(47)16-23)34-27(10-9-26(56-34)13-14-41(5,6)66-7)28-11-12-29(45)33-35(28)61(21-43(50,51)52)59-38(33)62(67(8)65)39(64)40(2,3)4/h9-12,15-16,18,22,30H,17,19-21H2,1-8H3,(H,57,63)/t22-,30?,67?/m0/s1. The summed E-state index contributed by atoms with van der Waals surface area (Å²) in [5, 5.41) is 9.61. The molecular weight excluding hydrogens is 964 g/mol. The number of fused-ring (bicyclic) bond motifs is 2. The molecule has 0 radical (unpaired) electrons. The number of amides is 2. The number of hydrogen-bond donors (Lipinski definition) is 1. The fourth-order valence-electron chi connectivity index (χ4n) is 7.64. The van der Waals surface area contributed by atoms with Gasteiger partial charge in [0.1, 0.15) is 42.4 Å². The second-order valence-electron chi connectivity index (χ2n) is 17.5. The van der Waals surface area contributed by atoms with Crippen LogP contribution in [0.1, 0.15) is 93.8 Å². The van der Waals surface area contributed by atoms with Gasteiger partial charge in [-0.15, -0.1) is 21.2 Å². The smallest absolute Gasteiger partial charge is 0.435 e. The molecule has 3 atom stereocenters. The van der Waals surface area contributed by atoms with Crippen molar-refractivity contribution in [3.05, 3.63) is 93.0 Å².